The Morgan fingerprint density at radius 3 is 2.33 bits per heavy atom. The summed E-state index contributed by atoms with van der Waals surface area (Å²) in [6.45, 7) is 0. The second-order valence-electron chi connectivity index (χ2n) is 2.31. The molecular weight excluding hydrogens is 179 g/mol. The average molecular weight is 183 g/mol. The van der Waals surface area contributed by atoms with Crippen molar-refractivity contribution in [1.82, 2.24) is 9.97 Å². The molecule has 2 nitrogen and oxygen atoms in total. The molecule has 12 heavy (non-hydrogen) atoms. The summed E-state index contributed by atoms with van der Waals surface area (Å²) in [5.41, 5.74) is 1.11. The van der Waals surface area contributed by atoms with Crippen molar-refractivity contribution in [3.8, 4) is 0 Å². The van der Waals surface area contributed by atoms with Crippen molar-refractivity contribution in [3.63, 3.8) is 0 Å². The highest BCUT2D eigenvalue weighted by Crippen LogP contribution is 2.19. The molecule has 0 aliphatic rings. The molecule has 0 saturated heterocycles. The van der Waals surface area contributed by atoms with Gasteiger partial charge in [-0.3, -0.25) is 9.97 Å². The van der Waals surface area contributed by atoms with Crippen molar-refractivity contribution >= 4 is 22.6 Å². The zero-order valence-electron chi connectivity index (χ0n) is 5.96. The maximum Gasteiger partial charge on any atom is 0.144 e. The molecule has 0 atom stereocenters. The van der Waals surface area contributed by atoms with Crippen molar-refractivity contribution in [1.29, 1.82) is 0 Å². The number of halogens is 2. The summed E-state index contributed by atoms with van der Waals surface area (Å²) in [5, 5.41) is 0.0722. The van der Waals surface area contributed by atoms with Gasteiger partial charge in [0, 0.05) is 18.5 Å². The molecule has 1 aromatic carbocycles. The molecule has 0 fully saturated rings. The first-order valence-corrected chi connectivity index (χ1v) is 3.71. The van der Waals surface area contributed by atoms with Gasteiger partial charge >= 0.3 is 0 Å². The van der Waals surface area contributed by atoms with E-state index < -0.39 is 5.82 Å². The third-order valence-electron chi connectivity index (χ3n) is 1.51. The maximum atomic E-state index is 12.8. The molecule has 0 aliphatic heterocycles. The first-order chi connectivity index (χ1) is 5.77. The summed E-state index contributed by atoms with van der Waals surface area (Å²) in [6, 6.07) is 2.73. The Hall–Kier alpha value is -1.22. The van der Waals surface area contributed by atoms with Gasteiger partial charge in [-0.25, -0.2) is 4.39 Å². The number of hydrogen-bond acceptors (Lipinski definition) is 2. The van der Waals surface area contributed by atoms with Crippen LogP contribution in [0.4, 0.5) is 4.39 Å². The summed E-state index contributed by atoms with van der Waals surface area (Å²) < 4.78 is 12.8. The fourth-order valence-corrected chi connectivity index (χ4v) is 1.12. The highest BCUT2D eigenvalue weighted by molar-refractivity contribution is 6.31. The van der Waals surface area contributed by atoms with Gasteiger partial charge in [-0.15, -0.1) is 0 Å². The fourth-order valence-electron chi connectivity index (χ4n) is 0.960. The van der Waals surface area contributed by atoms with Crippen LogP contribution in [0.1, 0.15) is 0 Å². The maximum absolute atomic E-state index is 12.8. The van der Waals surface area contributed by atoms with E-state index in [4.69, 9.17) is 11.6 Å². The molecule has 2 aromatic rings. The van der Waals surface area contributed by atoms with E-state index in [1.54, 1.807) is 0 Å². The quantitative estimate of drug-likeness (QED) is 0.625. The Balaban J connectivity index is 2.84. The molecule has 0 bridgehead atoms. The van der Waals surface area contributed by atoms with Crippen LogP contribution in [0.2, 0.25) is 5.02 Å². The Bertz CT molecular complexity index is 390. The molecule has 0 spiro atoms. The molecule has 0 saturated carbocycles. The minimum atomic E-state index is -0.468. The minimum Gasteiger partial charge on any atom is -0.253 e. The van der Waals surface area contributed by atoms with Gasteiger partial charge in [-0.1, -0.05) is 11.6 Å². The van der Waals surface area contributed by atoms with Crippen LogP contribution in [0, 0.1) is 5.82 Å². The van der Waals surface area contributed by atoms with Gasteiger partial charge in [0.25, 0.3) is 0 Å². The highest BCUT2D eigenvalue weighted by atomic mass is 35.5. The monoisotopic (exact) mass is 182 g/mol. The van der Waals surface area contributed by atoms with Gasteiger partial charge in [0.1, 0.15) is 5.82 Å². The van der Waals surface area contributed by atoms with E-state index in [0.29, 0.717) is 11.0 Å². The first-order valence-electron chi connectivity index (χ1n) is 3.33. The molecule has 0 amide bonds. The van der Waals surface area contributed by atoms with E-state index in [1.807, 2.05) is 0 Å². The number of rotatable bonds is 0. The van der Waals surface area contributed by atoms with Crippen molar-refractivity contribution in [2.24, 2.45) is 0 Å². The minimum absolute atomic E-state index is 0.0722. The number of benzene rings is 1. The fraction of sp³-hybridized carbons (Fsp3) is 0. The van der Waals surface area contributed by atoms with Crippen LogP contribution in [0.25, 0.3) is 11.0 Å². The van der Waals surface area contributed by atoms with Gasteiger partial charge in [0.15, 0.2) is 0 Å². The predicted molar refractivity (Wildman–Crippen MR) is 44.5 cm³/mol. The lowest BCUT2D eigenvalue weighted by Gasteiger charge is -1.96. The van der Waals surface area contributed by atoms with Gasteiger partial charge in [0.05, 0.1) is 16.1 Å². The van der Waals surface area contributed by atoms with Crippen LogP contribution >= 0.6 is 11.6 Å². The zero-order chi connectivity index (χ0) is 8.55. The smallest absolute Gasteiger partial charge is 0.144 e. The molecule has 60 valence electrons. The number of aromatic nitrogens is 2. The Morgan fingerprint density at radius 1 is 1.08 bits per heavy atom. The predicted octanol–water partition coefficient (Wildman–Crippen LogP) is 2.42. The SMILES string of the molecule is Fc1cc2nccnc2cc1Cl. The van der Waals surface area contributed by atoms with Crippen LogP contribution in [0.15, 0.2) is 24.5 Å². The molecule has 0 unspecified atom stereocenters. The zero-order valence-corrected chi connectivity index (χ0v) is 6.72. The molecular formula is C8H4ClFN2. The summed E-state index contributed by atoms with van der Waals surface area (Å²) in [5.74, 6) is -0.468. The van der Waals surface area contributed by atoms with E-state index in [-0.39, 0.29) is 5.02 Å². The van der Waals surface area contributed by atoms with Crippen molar-refractivity contribution in [2.45, 2.75) is 0 Å². The van der Waals surface area contributed by atoms with Crippen LogP contribution in [-0.4, -0.2) is 9.97 Å². The average Bonchev–Trinajstić information content (AvgIpc) is 2.07. The van der Waals surface area contributed by atoms with Crippen molar-refractivity contribution < 1.29 is 4.39 Å². The third-order valence-corrected chi connectivity index (χ3v) is 1.80. The van der Waals surface area contributed by atoms with Gasteiger partial charge in [-0.05, 0) is 6.07 Å². The van der Waals surface area contributed by atoms with Crippen LogP contribution < -0.4 is 0 Å². The lowest BCUT2D eigenvalue weighted by molar-refractivity contribution is 0.629. The Kier molecular flexibility index (Phi) is 1.66. The largest absolute Gasteiger partial charge is 0.253 e. The molecule has 0 aliphatic carbocycles. The first kappa shape index (κ1) is 7.43. The van der Waals surface area contributed by atoms with E-state index >= 15 is 0 Å². The third kappa shape index (κ3) is 1.12. The summed E-state index contributed by atoms with van der Waals surface area (Å²) in [7, 11) is 0. The molecule has 1 aromatic heterocycles. The molecule has 4 heteroatoms. The summed E-state index contributed by atoms with van der Waals surface area (Å²) in [6.07, 6.45) is 3.05. The van der Waals surface area contributed by atoms with Crippen LogP contribution in [0.5, 0.6) is 0 Å². The topological polar surface area (TPSA) is 25.8 Å². The Morgan fingerprint density at radius 2 is 1.67 bits per heavy atom. The molecule has 2 rings (SSSR count). The number of nitrogens with zero attached hydrogens (tertiary/aromatic N) is 2. The molecule has 1 heterocycles. The van der Waals surface area contributed by atoms with Crippen LogP contribution in [0.3, 0.4) is 0 Å². The Labute approximate surface area is 73.0 Å². The lowest BCUT2D eigenvalue weighted by atomic mass is 10.3. The van der Waals surface area contributed by atoms with Gasteiger partial charge in [0.2, 0.25) is 0 Å². The summed E-state index contributed by atoms with van der Waals surface area (Å²) in [4.78, 5) is 7.89. The second-order valence-corrected chi connectivity index (χ2v) is 2.72. The van der Waals surface area contributed by atoms with E-state index in [9.17, 15) is 4.39 Å². The second kappa shape index (κ2) is 2.68. The van der Waals surface area contributed by atoms with E-state index in [0.717, 1.165) is 0 Å². The lowest BCUT2D eigenvalue weighted by Crippen LogP contribution is -1.84. The molecule has 0 N–H and O–H groups in total. The van der Waals surface area contributed by atoms with Crippen LogP contribution in [-0.2, 0) is 0 Å². The van der Waals surface area contributed by atoms with E-state index in [1.165, 1.54) is 24.5 Å². The van der Waals surface area contributed by atoms with E-state index in [2.05, 4.69) is 9.97 Å². The highest BCUT2D eigenvalue weighted by Gasteiger charge is 2.02. The van der Waals surface area contributed by atoms with Gasteiger partial charge < -0.3 is 0 Å². The number of hydrogen-bond donors (Lipinski definition) is 0. The van der Waals surface area contributed by atoms with Crippen molar-refractivity contribution in [3.05, 3.63) is 35.4 Å². The number of fused-ring (bicyclic) bond motifs is 1. The standard InChI is InChI=1S/C8H4ClFN2/c9-5-3-7-8(4-6(5)10)12-2-1-11-7/h1-4H. The summed E-state index contributed by atoms with van der Waals surface area (Å²) >= 11 is 5.54. The van der Waals surface area contributed by atoms with Crippen molar-refractivity contribution in [2.75, 3.05) is 0 Å². The van der Waals surface area contributed by atoms with Gasteiger partial charge in [-0.2, -0.15) is 0 Å². The molecule has 0 radical (unpaired) electrons. The normalized spacial score (nSPS) is 10.5.